The second-order valence-electron chi connectivity index (χ2n) is 8.15. The summed E-state index contributed by atoms with van der Waals surface area (Å²) < 4.78 is 14.1. The first-order chi connectivity index (χ1) is 14.8. The molecular weight excluding hydrogens is 427 g/mol. The summed E-state index contributed by atoms with van der Waals surface area (Å²) in [5, 5.41) is 17.3. The molecule has 0 aliphatic heterocycles. The number of benzene rings is 1. The van der Waals surface area contributed by atoms with Crippen LogP contribution in [0.1, 0.15) is 18.4 Å². The molecule has 0 saturated heterocycles. The van der Waals surface area contributed by atoms with E-state index >= 15 is 0 Å². The van der Waals surface area contributed by atoms with E-state index in [1.54, 1.807) is 12.1 Å². The van der Waals surface area contributed by atoms with Gasteiger partial charge in [-0.15, -0.1) is 0 Å². The van der Waals surface area contributed by atoms with E-state index < -0.39 is 22.6 Å². The van der Waals surface area contributed by atoms with Crippen molar-refractivity contribution in [2.45, 2.75) is 25.4 Å². The van der Waals surface area contributed by atoms with Gasteiger partial charge in [-0.3, -0.25) is 14.9 Å². The van der Waals surface area contributed by atoms with Crippen LogP contribution in [0.3, 0.4) is 0 Å². The van der Waals surface area contributed by atoms with Crippen LogP contribution in [0.25, 0.3) is 0 Å². The molecule has 0 radical (unpaired) electrons. The number of rotatable bonds is 8. The molecule has 1 aromatic carbocycles. The SMILES string of the molecule is NC(=O)[C@H]1[C@@H]2C[C@@H](CNCc3cccc([N+](=O)[O-])c3)[C@@H](C2)[C@H]1Nc1nc(Cl)ncc1F. The Morgan fingerprint density at radius 2 is 2.19 bits per heavy atom. The molecule has 2 bridgehead atoms. The average Bonchev–Trinajstić information content (AvgIpc) is 3.29. The van der Waals surface area contributed by atoms with Crippen LogP contribution < -0.4 is 16.4 Å². The molecule has 11 heteroatoms. The van der Waals surface area contributed by atoms with E-state index in [0.717, 1.165) is 24.6 Å². The lowest BCUT2D eigenvalue weighted by Crippen LogP contribution is -2.47. The monoisotopic (exact) mass is 448 g/mol. The number of hydrogen-bond donors (Lipinski definition) is 3. The molecule has 0 spiro atoms. The highest BCUT2D eigenvalue weighted by molar-refractivity contribution is 6.28. The zero-order chi connectivity index (χ0) is 22.1. The highest BCUT2D eigenvalue weighted by atomic mass is 35.5. The summed E-state index contributed by atoms with van der Waals surface area (Å²) in [7, 11) is 0. The average molecular weight is 449 g/mol. The number of carbonyl (C=O) groups excluding carboxylic acids is 1. The van der Waals surface area contributed by atoms with Crippen LogP contribution in [0, 0.1) is 39.6 Å². The van der Waals surface area contributed by atoms with Crippen molar-refractivity contribution in [3.63, 3.8) is 0 Å². The largest absolute Gasteiger partial charge is 0.369 e. The number of primary amides is 1. The van der Waals surface area contributed by atoms with E-state index in [1.165, 1.54) is 6.07 Å². The molecule has 0 unspecified atom stereocenters. The number of non-ortho nitro benzene ring substituents is 1. The van der Waals surface area contributed by atoms with Crippen LogP contribution in [0.2, 0.25) is 5.28 Å². The summed E-state index contributed by atoms with van der Waals surface area (Å²) in [5.74, 6) is -1.03. The van der Waals surface area contributed by atoms with Crippen LogP contribution in [0.5, 0.6) is 0 Å². The topological polar surface area (TPSA) is 136 Å². The van der Waals surface area contributed by atoms with Crippen molar-refractivity contribution in [1.29, 1.82) is 0 Å². The van der Waals surface area contributed by atoms with E-state index in [2.05, 4.69) is 20.6 Å². The van der Waals surface area contributed by atoms with Crippen molar-refractivity contribution < 1.29 is 14.1 Å². The minimum absolute atomic E-state index is 0.0351. The van der Waals surface area contributed by atoms with Gasteiger partial charge in [-0.2, -0.15) is 4.98 Å². The first-order valence-corrected chi connectivity index (χ1v) is 10.4. The zero-order valence-corrected chi connectivity index (χ0v) is 17.3. The van der Waals surface area contributed by atoms with Crippen molar-refractivity contribution in [1.82, 2.24) is 15.3 Å². The van der Waals surface area contributed by atoms with Gasteiger partial charge in [0.2, 0.25) is 11.2 Å². The Kier molecular flexibility index (Phi) is 6.01. The highest BCUT2D eigenvalue weighted by Gasteiger charge is 2.54. The van der Waals surface area contributed by atoms with Gasteiger partial charge in [0.15, 0.2) is 11.6 Å². The summed E-state index contributed by atoms with van der Waals surface area (Å²) in [4.78, 5) is 30.1. The van der Waals surface area contributed by atoms with Gasteiger partial charge in [0.25, 0.3) is 5.69 Å². The molecule has 2 saturated carbocycles. The molecule has 2 aromatic rings. The Balaban J connectivity index is 1.43. The van der Waals surface area contributed by atoms with Crippen molar-refractivity contribution in [2.24, 2.45) is 29.4 Å². The van der Waals surface area contributed by atoms with Gasteiger partial charge in [-0.05, 0) is 54.3 Å². The summed E-state index contributed by atoms with van der Waals surface area (Å²) in [5.41, 5.74) is 6.53. The van der Waals surface area contributed by atoms with Gasteiger partial charge >= 0.3 is 0 Å². The predicted molar refractivity (Wildman–Crippen MR) is 112 cm³/mol. The van der Waals surface area contributed by atoms with E-state index in [4.69, 9.17) is 17.3 Å². The first-order valence-electron chi connectivity index (χ1n) is 10.0. The summed E-state index contributed by atoms with van der Waals surface area (Å²) in [6.45, 7) is 1.16. The van der Waals surface area contributed by atoms with Gasteiger partial charge in [0, 0.05) is 24.7 Å². The number of nitrogens with one attached hydrogen (secondary N) is 2. The normalized spacial score (nSPS) is 26.7. The lowest BCUT2D eigenvalue weighted by atomic mass is 9.77. The Morgan fingerprint density at radius 1 is 1.39 bits per heavy atom. The van der Waals surface area contributed by atoms with Crippen molar-refractivity contribution in [2.75, 3.05) is 11.9 Å². The summed E-state index contributed by atoms with van der Waals surface area (Å²) >= 11 is 5.79. The number of fused-ring (bicyclic) bond motifs is 2. The van der Waals surface area contributed by atoms with Gasteiger partial charge < -0.3 is 16.4 Å². The first kappa shape index (κ1) is 21.4. The lowest BCUT2D eigenvalue weighted by Gasteiger charge is -2.35. The third-order valence-electron chi connectivity index (χ3n) is 6.35. The number of halogens is 2. The number of anilines is 1. The van der Waals surface area contributed by atoms with Crippen LogP contribution in [-0.2, 0) is 11.3 Å². The van der Waals surface area contributed by atoms with E-state index in [0.29, 0.717) is 13.1 Å². The number of nitrogens with two attached hydrogens (primary N) is 1. The Hall–Kier alpha value is -2.85. The van der Waals surface area contributed by atoms with E-state index in [-0.39, 0.29) is 40.6 Å². The number of amides is 1. The maximum absolute atomic E-state index is 14.1. The fourth-order valence-electron chi connectivity index (χ4n) is 5.12. The summed E-state index contributed by atoms with van der Waals surface area (Å²) in [6, 6.07) is 6.14. The number of carbonyl (C=O) groups is 1. The maximum atomic E-state index is 14.1. The minimum atomic E-state index is -0.643. The third kappa shape index (κ3) is 4.45. The smallest absolute Gasteiger partial charge is 0.269 e. The van der Waals surface area contributed by atoms with Crippen molar-refractivity contribution in [3.8, 4) is 0 Å². The molecule has 9 nitrogen and oxygen atoms in total. The molecule has 2 aliphatic carbocycles. The van der Waals surface area contributed by atoms with Crippen molar-refractivity contribution in [3.05, 3.63) is 57.2 Å². The zero-order valence-electron chi connectivity index (χ0n) is 16.5. The van der Waals surface area contributed by atoms with Crippen molar-refractivity contribution >= 4 is 29.0 Å². The van der Waals surface area contributed by atoms with Gasteiger partial charge in [0.1, 0.15) is 0 Å². The van der Waals surface area contributed by atoms with Gasteiger partial charge in [-0.25, -0.2) is 9.37 Å². The van der Waals surface area contributed by atoms with E-state index in [1.807, 2.05) is 6.07 Å². The molecule has 1 amide bonds. The number of aromatic nitrogens is 2. The van der Waals surface area contributed by atoms with Crippen LogP contribution in [-0.4, -0.2) is 33.4 Å². The van der Waals surface area contributed by atoms with Gasteiger partial charge in [-0.1, -0.05) is 12.1 Å². The van der Waals surface area contributed by atoms with E-state index in [9.17, 15) is 19.3 Å². The number of hydrogen-bond acceptors (Lipinski definition) is 7. The Bertz CT molecular complexity index is 1010. The molecule has 31 heavy (non-hydrogen) atoms. The number of nitro benzene ring substituents is 1. The molecule has 2 fully saturated rings. The molecule has 1 heterocycles. The highest BCUT2D eigenvalue weighted by Crippen LogP contribution is 2.52. The molecule has 4 N–H and O–H groups in total. The summed E-state index contributed by atoms with van der Waals surface area (Å²) in [6.07, 6.45) is 2.64. The lowest BCUT2D eigenvalue weighted by molar-refractivity contribution is -0.384. The fourth-order valence-corrected chi connectivity index (χ4v) is 5.26. The molecule has 5 atom stereocenters. The quantitative estimate of drug-likeness (QED) is 0.320. The molecule has 1 aromatic heterocycles. The second kappa shape index (κ2) is 8.72. The maximum Gasteiger partial charge on any atom is 0.269 e. The van der Waals surface area contributed by atoms with Crippen LogP contribution in [0.4, 0.5) is 15.9 Å². The van der Waals surface area contributed by atoms with Crippen LogP contribution >= 0.6 is 11.6 Å². The number of nitrogens with zero attached hydrogens (tertiary/aromatic N) is 3. The Morgan fingerprint density at radius 3 is 2.94 bits per heavy atom. The minimum Gasteiger partial charge on any atom is -0.369 e. The molecule has 2 aliphatic rings. The Labute approximate surface area is 182 Å². The standard InChI is InChI=1S/C20H22ClFN6O3/c21-20-25-9-15(22)19(27-20)26-17-14-6-11(16(17)18(23)29)5-12(14)8-24-7-10-2-1-3-13(4-10)28(30)31/h1-4,9,11-12,14,16-17,24H,5-8H2,(H2,23,29)(H,25,26,27)/t11-,12+,14-,16+,17-/m1/s1. The second-order valence-corrected chi connectivity index (χ2v) is 8.49. The van der Waals surface area contributed by atoms with Gasteiger partial charge in [0.05, 0.1) is 17.0 Å². The molecule has 4 rings (SSSR count). The van der Waals surface area contributed by atoms with Crippen LogP contribution in [0.15, 0.2) is 30.5 Å². The molecule has 164 valence electrons. The molecular formula is C20H22ClFN6O3. The fraction of sp³-hybridized carbons (Fsp3) is 0.450. The third-order valence-corrected chi connectivity index (χ3v) is 6.53. The predicted octanol–water partition coefficient (Wildman–Crippen LogP) is 2.51. The number of nitro groups is 1.